The molecule has 0 unspecified atom stereocenters. The van der Waals surface area contributed by atoms with Crippen LogP contribution in [0.5, 0.6) is 5.75 Å². The molecule has 1 aliphatic heterocycles. The summed E-state index contributed by atoms with van der Waals surface area (Å²) in [5.74, 6) is 1.79. The molecule has 3 heterocycles. The lowest BCUT2D eigenvalue weighted by Gasteiger charge is -2.33. The Morgan fingerprint density at radius 1 is 1.34 bits per heavy atom. The summed E-state index contributed by atoms with van der Waals surface area (Å²) in [7, 11) is 1.65. The molecule has 1 amide bonds. The molecule has 29 heavy (non-hydrogen) atoms. The second kappa shape index (κ2) is 8.78. The molecular weight excluding hydrogens is 384 g/mol. The van der Waals surface area contributed by atoms with E-state index in [9.17, 15) is 4.79 Å². The number of ether oxygens (including phenoxy) is 1. The third kappa shape index (κ3) is 4.19. The fourth-order valence-electron chi connectivity index (χ4n) is 3.88. The van der Waals surface area contributed by atoms with Crippen molar-refractivity contribution >= 4 is 33.3 Å². The van der Waals surface area contributed by atoms with Crippen LogP contribution in [0.15, 0.2) is 36.7 Å². The van der Waals surface area contributed by atoms with Crippen LogP contribution >= 0.6 is 11.3 Å². The van der Waals surface area contributed by atoms with Crippen LogP contribution in [-0.2, 0) is 17.8 Å². The van der Waals surface area contributed by atoms with E-state index in [1.54, 1.807) is 24.8 Å². The lowest BCUT2D eigenvalue weighted by Crippen LogP contribution is -2.43. The predicted octanol–water partition coefficient (Wildman–Crippen LogP) is 3.80. The summed E-state index contributed by atoms with van der Waals surface area (Å²) >= 11 is 1.72. The standard InChI is InChI=1S/C22H26N4O2S/c1-3-17-11-18-20(24-14-25-22(18)29-17)26-10-6-8-16(13-26)21(27)23-12-15-7-4-5-9-19(15)28-2/h4-5,7,9,11,14,16H,3,6,8,10,12-13H2,1-2H3,(H,23,27)/t16-/m1/s1. The number of nitrogens with zero attached hydrogens (tertiary/aromatic N) is 3. The van der Waals surface area contributed by atoms with Crippen molar-refractivity contribution in [3.63, 3.8) is 0 Å². The van der Waals surface area contributed by atoms with Crippen LogP contribution in [0.25, 0.3) is 10.2 Å². The van der Waals surface area contributed by atoms with Crippen molar-refractivity contribution in [2.24, 2.45) is 5.92 Å². The van der Waals surface area contributed by atoms with Crippen LogP contribution in [0.1, 0.15) is 30.2 Å². The third-order valence-electron chi connectivity index (χ3n) is 5.45. The summed E-state index contributed by atoms with van der Waals surface area (Å²) in [6, 6.07) is 9.97. The first-order valence-corrected chi connectivity index (χ1v) is 10.9. The number of fused-ring (bicyclic) bond motifs is 1. The van der Waals surface area contributed by atoms with E-state index in [1.165, 1.54) is 4.88 Å². The second-order valence-corrected chi connectivity index (χ2v) is 8.41. The minimum Gasteiger partial charge on any atom is -0.496 e. The summed E-state index contributed by atoms with van der Waals surface area (Å²) in [4.78, 5) is 26.4. The number of hydrogen-bond donors (Lipinski definition) is 1. The zero-order valence-corrected chi connectivity index (χ0v) is 17.7. The largest absolute Gasteiger partial charge is 0.496 e. The van der Waals surface area contributed by atoms with Gasteiger partial charge in [0.1, 0.15) is 22.7 Å². The molecule has 1 saturated heterocycles. The number of carbonyl (C=O) groups is 1. The van der Waals surface area contributed by atoms with Gasteiger partial charge in [-0.1, -0.05) is 25.1 Å². The molecule has 1 atom stereocenters. The number of carbonyl (C=O) groups excluding carboxylic acids is 1. The fourth-order valence-corrected chi connectivity index (χ4v) is 4.81. The summed E-state index contributed by atoms with van der Waals surface area (Å²) < 4.78 is 5.38. The van der Waals surface area contributed by atoms with E-state index in [4.69, 9.17) is 4.74 Å². The van der Waals surface area contributed by atoms with Gasteiger partial charge < -0.3 is 15.0 Å². The molecule has 2 aromatic heterocycles. The zero-order chi connectivity index (χ0) is 20.2. The molecule has 0 radical (unpaired) electrons. The monoisotopic (exact) mass is 410 g/mol. The van der Waals surface area contributed by atoms with Crippen molar-refractivity contribution in [2.75, 3.05) is 25.1 Å². The Balaban J connectivity index is 1.46. The molecule has 3 aromatic rings. The first-order chi connectivity index (χ1) is 14.2. The van der Waals surface area contributed by atoms with E-state index in [0.717, 1.165) is 53.2 Å². The zero-order valence-electron chi connectivity index (χ0n) is 16.9. The molecule has 1 fully saturated rings. The number of amides is 1. The van der Waals surface area contributed by atoms with E-state index in [0.29, 0.717) is 13.1 Å². The number of aromatic nitrogens is 2. The molecule has 1 aromatic carbocycles. The van der Waals surface area contributed by atoms with Gasteiger partial charge in [0.2, 0.25) is 5.91 Å². The second-order valence-electron chi connectivity index (χ2n) is 7.30. The minimum atomic E-state index is -0.0484. The van der Waals surface area contributed by atoms with Crippen LogP contribution in [0.2, 0.25) is 0 Å². The molecule has 1 N–H and O–H groups in total. The number of piperidine rings is 1. The number of thiophene rings is 1. The van der Waals surface area contributed by atoms with Gasteiger partial charge >= 0.3 is 0 Å². The lowest BCUT2D eigenvalue weighted by atomic mass is 9.96. The van der Waals surface area contributed by atoms with E-state index in [2.05, 4.69) is 33.2 Å². The van der Waals surface area contributed by atoms with Gasteiger partial charge in [-0.15, -0.1) is 11.3 Å². The predicted molar refractivity (Wildman–Crippen MR) is 117 cm³/mol. The number of methoxy groups -OCH3 is 1. The SMILES string of the molecule is CCc1cc2c(N3CCC[C@@H](C(=O)NCc4ccccc4OC)C3)ncnc2s1. The highest BCUT2D eigenvalue weighted by molar-refractivity contribution is 7.18. The van der Waals surface area contributed by atoms with Gasteiger partial charge in [-0.25, -0.2) is 9.97 Å². The Labute approximate surface area is 174 Å². The summed E-state index contributed by atoms with van der Waals surface area (Å²) in [6.07, 6.45) is 4.50. The molecule has 7 heteroatoms. The number of rotatable bonds is 6. The number of para-hydroxylation sites is 1. The Morgan fingerprint density at radius 2 is 2.21 bits per heavy atom. The van der Waals surface area contributed by atoms with E-state index >= 15 is 0 Å². The normalized spacial score (nSPS) is 16.8. The molecule has 4 rings (SSSR count). The van der Waals surface area contributed by atoms with Gasteiger partial charge in [0, 0.05) is 30.1 Å². The van der Waals surface area contributed by atoms with Crippen molar-refractivity contribution in [3.8, 4) is 5.75 Å². The van der Waals surface area contributed by atoms with Crippen LogP contribution in [0, 0.1) is 5.92 Å². The number of nitrogens with one attached hydrogen (secondary N) is 1. The van der Waals surface area contributed by atoms with Gasteiger partial charge in [0.25, 0.3) is 0 Å². The maximum atomic E-state index is 12.9. The first kappa shape index (κ1) is 19.6. The summed E-state index contributed by atoms with van der Waals surface area (Å²) in [5, 5.41) is 4.19. The van der Waals surface area contributed by atoms with Crippen molar-refractivity contribution in [1.82, 2.24) is 15.3 Å². The van der Waals surface area contributed by atoms with Crippen LogP contribution in [0.4, 0.5) is 5.82 Å². The molecule has 1 aliphatic rings. The maximum Gasteiger partial charge on any atom is 0.225 e. The Hall–Kier alpha value is -2.67. The molecule has 0 spiro atoms. The van der Waals surface area contributed by atoms with Gasteiger partial charge in [0.05, 0.1) is 18.4 Å². The van der Waals surface area contributed by atoms with Crippen LogP contribution in [0.3, 0.4) is 0 Å². The Morgan fingerprint density at radius 3 is 3.03 bits per heavy atom. The van der Waals surface area contributed by atoms with Crippen molar-refractivity contribution in [3.05, 3.63) is 47.1 Å². The van der Waals surface area contributed by atoms with Gasteiger partial charge in [-0.05, 0) is 31.4 Å². The third-order valence-corrected chi connectivity index (χ3v) is 6.63. The fraction of sp³-hybridized carbons (Fsp3) is 0.409. The summed E-state index contributed by atoms with van der Waals surface area (Å²) in [5.41, 5.74) is 0.985. The maximum absolute atomic E-state index is 12.9. The highest BCUT2D eigenvalue weighted by Crippen LogP contribution is 2.32. The highest BCUT2D eigenvalue weighted by atomic mass is 32.1. The molecule has 0 bridgehead atoms. The summed E-state index contributed by atoms with van der Waals surface area (Å²) in [6.45, 7) is 4.23. The first-order valence-electron chi connectivity index (χ1n) is 10.1. The van der Waals surface area contributed by atoms with Gasteiger partial charge in [-0.2, -0.15) is 0 Å². The molecular formula is C22H26N4O2S. The molecule has 6 nitrogen and oxygen atoms in total. The topological polar surface area (TPSA) is 67.4 Å². The van der Waals surface area contributed by atoms with E-state index in [-0.39, 0.29) is 11.8 Å². The minimum absolute atomic E-state index is 0.0484. The number of aryl methyl sites for hydroxylation is 1. The average Bonchev–Trinajstić information content (AvgIpc) is 3.21. The smallest absolute Gasteiger partial charge is 0.225 e. The van der Waals surface area contributed by atoms with Crippen LogP contribution < -0.4 is 15.0 Å². The lowest BCUT2D eigenvalue weighted by molar-refractivity contribution is -0.125. The highest BCUT2D eigenvalue weighted by Gasteiger charge is 2.27. The Kier molecular flexibility index (Phi) is 5.94. The van der Waals surface area contributed by atoms with Gasteiger partial charge in [-0.3, -0.25) is 4.79 Å². The van der Waals surface area contributed by atoms with E-state index < -0.39 is 0 Å². The van der Waals surface area contributed by atoms with E-state index in [1.807, 2.05) is 24.3 Å². The molecule has 0 saturated carbocycles. The molecule has 0 aliphatic carbocycles. The number of anilines is 1. The average molecular weight is 411 g/mol. The quantitative estimate of drug-likeness (QED) is 0.670. The Bertz CT molecular complexity index is 1000. The number of benzene rings is 1. The molecule has 152 valence electrons. The van der Waals surface area contributed by atoms with Crippen molar-refractivity contribution in [1.29, 1.82) is 0 Å². The van der Waals surface area contributed by atoms with Crippen LogP contribution in [-0.4, -0.2) is 36.1 Å². The van der Waals surface area contributed by atoms with Crippen molar-refractivity contribution in [2.45, 2.75) is 32.7 Å². The van der Waals surface area contributed by atoms with Gasteiger partial charge in [0.15, 0.2) is 0 Å². The van der Waals surface area contributed by atoms with Crippen molar-refractivity contribution < 1.29 is 9.53 Å². The number of hydrogen-bond acceptors (Lipinski definition) is 6.